The lowest BCUT2D eigenvalue weighted by molar-refractivity contribution is 0.0695. The first-order valence-corrected chi connectivity index (χ1v) is 7.40. The summed E-state index contributed by atoms with van der Waals surface area (Å²) in [7, 11) is 0. The number of urea groups is 1. The van der Waals surface area contributed by atoms with Crippen molar-refractivity contribution >= 4 is 12.0 Å². The van der Waals surface area contributed by atoms with Gasteiger partial charge in [0.05, 0.1) is 6.54 Å². The molecule has 3 N–H and O–H groups in total. The topological polar surface area (TPSA) is 91.6 Å². The zero-order valence-corrected chi connectivity index (χ0v) is 12.3. The minimum Gasteiger partial charge on any atom is -0.478 e. The molecule has 2 amide bonds. The van der Waals surface area contributed by atoms with Crippen molar-refractivity contribution in [3.63, 3.8) is 0 Å². The van der Waals surface area contributed by atoms with E-state index in [9.17, 15) is 9.59 Å². The number of furan rings is 1. The molecule has 1 aromatic heterocycles. The highest BCUT2D eigenvalue weighted by Crippen LogP contribution is 2.26. The fourth-order valence-corrected chi connectivity index (χ4v) is 2.76. The first-order valence-electron chi connectivity index (χ1n) is 7.40. The van der Waals surface area contributed by atoms with Crippen molar-refractivity contribution < 1.29 is 19.1 Å². The zero-order valence-electron chi connectivity index (χ0n) is 12.3. The maximum absolute atomic E-state index is 11.6. The van der Waals surface area contributed by atoms with Gasteiger partial charge in [-0.05, 0) is 25.3 Å². The van der Waals surface area contributed by atoms with E-state index in [1.165, 1.54) is 31.7 Å². The van der Waals surface area contributed by atoms with Gasteiger partial charge < -0.3 is 20.2 Å². The normalized spacial score (nSPS) is 15.1. The molecule has 0 atom stereocenters. The van der Waals surface area contributed by atoms with Gasteiger partial charge >= 0.3 is 12.0 Å². The largest absolute Gasteiger partial charge is 0.478 e. The first kappa shape index (κ1) is 15.4. The van der Waals surface area contributed by atoms with Crippen molar-refractivity contribution in [3.8, 4) is 0 Å². The SMILES string of the molecule is Cc1oc(CNC(=O)NCCC2CCCC2)cc1C(=O)O. The fourth-order valence-electron chi connectivity index (χ4n) is 2.76. The predicted molar refractivity (Wildman–Crippen MR) is 77.2 cm³/mol. The molecule has 1 aliphatic rings. The molecule has 0 bridgehead atoms. The number of hydrogen-bond acceptors (Lipinski definition) is 3. The molecule has 116 valence electrons. The van der Waals surface area contributed by atoms with Crippen LogP contribution < -0.4 is 10.6 Å². The number of nitrogens with one attached hydrogen (secondary N) is 2. The number of hydrogen-bond donors (Lipinski definition) is 3. The summed E-state index contributed by atoms with van der Waals surface area (Å²) in [6.07, 6.45) is 6.18. The Bertz CT molecular complexity index is 504. The van der Waals surface area contributed by atoms with Crippen LogP contribution in [0.5, 0.6) is 0 Å². The smallest absolute Gasteiger partial charge is 0.339 e. The van der Waals surface area contributed by atoms with Crippen LogP contribution in [0.15, 0.2) is 10.5 Å². The molecular weight excluding hydrogens is 272 g/mol. The van der Waals surface area contributed by atoms with Gasteiger partial charge in [0.2, 0.25) is 0 Å². The molecule has 1 heterocycles. The molecule has 0 aromatic carbocycles. The summed E-state index contributed by atoms with van der Waals surface area (Å²) < 4.78 is 5.29. The van der Waals surface area contributed by atoms with E-state index in [-0.39, 0.29) is 18.1 Å². The van der Waals surface area contributed by atoms with E-state index < -0.39 is 5.97 Å². The second-order valence-electron chi connectivity index (χ2n) is 5.54. The summed E-state index contributed by atoms with van der Waals surface area (Å²) in [5, 5.41) is 14.4. The Labute approximate surface area is 123 Å². The first-order chi connectivity index (χ1) is 10.1. The van der Waals surface area contributed by atoms with Crippen molar-refractivity contribution in [1.29, 1.82) is 0 Å². The van der Waals surface area contributed by atoms with Crippen molar-refractivity contribution in [3.05, 3.63) is 23.2 Å². The molecule has 1 aromatic rings. The Hall–Kier alpha value is -1.98. The maximum Gasteiger partial charge on any atom is 0.339 e. The number of rotatable bonds is 6. The third-order valence-electron chi connectivity index (χ3n) is 3.94. The van der Waals surface area contributed by atoms with Gasteiger partial charge in [-0.15, -0.1) is 0 Å². The second-order valence-corrected chi connectivity index (χ2v) is 5.54. The minimum atomic E-state index is -1.02. The van der Waals surface area contributed by atoms with E-state index in [1.54, 1.807) is 6.92 Å². The van der Waals surface area contributed by atoms with Crippen LogP contribution in [0.25, 0.3) is 0 Å². The molecule has 1 aliphatic carbocycles. The number of carbonyl (C=O) groups excluding carboxylic acids is 1. The molecule has 2 rings (SSSR count). The number of aryl methyl sites for hydroxylation is 1. The van der Waals surface area contributed by atoms with Crippen LogP contribution in [0.2, 0.25) is 0 Å². The highest BCUT2D eigenvalue weighted by Gasteiger charge is 2.15. The zero-order chi connectivity index (χ0) is 15.2. The summed E-state index contributed by atoms with van der Waals surface area (Å²) in [4.78, 5) is 22.5. The van der Waals surface area contributed by atoms with Gasteiger partial charge in [-0.2, -0.15) is 0 Å². The standard InChI is InChI=1S/C15H22N2O4/c1-10-13(14(18)19)8-12(21-10)9-17-15(20)16-7-6-11-4-2-3-5-11/h8,11H,2-7,9H2,1H3,(H,18,19)(H2,16,17,20). The van der Waals surface area contributed by atoms with Gasteiger partial charge in [-0.25, -0.2) is 9.59 Å². The van der Waals surface area contributed by atoms with Gasteiger partial charge in [0.1, 0.15) is 17.1 Å². The third kappa shape index (κ3) is 4.51. The number of amides is 2. The summed E-state index contributed by atoms with van der Waals surface area (Å²) in [5.41, 5.74) is 0.133. The van der Waals surface area contributed by atoms with Crippen LogP contribution in [0.4, 0.5) is 4.79 Å². The van der Waals surface area contributed by atoms with Crippen LogP contribution in [-0.4, -0.2) is 23.7 Å². The monoisotopic (exact) mass is 294 g/mol. The Balaban J connectivity index is 1.68. The number of carbonyl (C=O) groups is 2. The van der Waals surface area contributed by atoms with Crippen molar-refractivity contribution in [2.45, 2.75) is 45.6 Å². The van der Waals surface area contributed by atoms with Crippen molar-refractivity contribution in [2.24, 2.45) is 5.92 Å². The molecule has 0 aliphatic heterocycles. The molecule has 1 saturated carbocycles. The van der Waals surface area contributed by atoms with Gasteiger partial charge in [0, 0.05) is 6.54 Å². The minimum absolute atomic E-state index is 0.133. The average molecular weight is 294 g/mol. The molecule has 6 nitrogen and oxygen atoms in total. The third-order valence-corrected chi connectivity index (χ3v) is 3.94. The van der Waals surface area contributed by atoms with E-state index in [0.717, 1.165) is 12.3 Å². The van der Waals surface area contributed by atoms with Gasteiger partial charge in [0.15, 0.2) is 0 Å². The Morgan fingerprint density at radius 2 is 2.05 bits per heavy atom. The molecule has 6 heteroatoms. The van der Waals surface area contributed by atoms with E-state index in [0.29, 0.717) is 18.1 Å². The summed E-state index contributed by atoms with van der Waals surface area (Å²) in [5.74, 6) is 0.511. The lowest BCUT2D eigenvalue weighted by atomic mass is 10.0. The van der Waals surface area contributed by atoms with Crippen LogP contribution in [0, 0.1) is 12.8 Å². The quantitative estimate of drug-likeness (QED) is 0.752. The summed E-state index contributed by atoms with van der Waals surface area (Å²) in [6, 6.07) is 1.19. The van der Waals surface area contributed by atoms with Gasteiger partial charge in [-0.3, -0.25) is 0 Å². The highest BCUT2D eigenvalue weighted by atomic mass is 16.4. The Morgan fingerprint density at radius 3 is 2.67 bits per heavy atom. The summed E-state index contributed by atoms with van der Waals surface area (Å²) >= 11 is 0. The van der Waals surface area contributed by atoms with Crippen LogP contribution in [0.1, 0.15) is 54.0 Å². The lowest BCUT2D eigenvalue weighted by Gasteiger charge is -2.10. The van der Waals surface area contributed by atoms with Crippen LogP contribution in [-0.2, 0) is 6.54 Å². The molecule has 1 fully saturated rings. The van der Waals surface area contributed by atoms with Gasteiger partial charge in [-0.1, -0.05) is 25.7 Å². The molecule has 0 spiro atoms. The second kappa shape index (κ2) is 7.15. The lowest BCUT2D eigenvalue weighted by Crippen LogP contribution is -2.35. The van der Waals surface area contributed by atoms with E-state index in [4.69, 9.17) is 9.52 Å². The summed E-state index contributed by atoms with van der Waals surface area (Å²) in [6.45, 7) is 2.45. The Morgan fingerprint density at radius 1 is 1.33 bits per heavy atom. The molecule has 0 radical (unpaired) electrons. The maximum atomic E-state index is 11.6. The highest BCUT2D eigenvalue weighted by molar-refractivity contribution is 5.88. The van der Waals surface area contributed by atoms with Crippen molar-refractivity contribution in [2.75, 3.05) is 6.54 Å². The molecule has 0 saturated heterocycles. The fraction of sp³-hybridized carbons (Fsp3) is 0.600. The van der Waals surface area contributed by atoms with Gasteiger partial charge in [0.25, 0.3) is 0 Å². The van der Waals surface area contributed by atoms with Crippen LogP contribution >= 0.6 is 0 Å². The Kier molecular flexibility index (Phi) is 5.25. The average Bonchev–Trinajstić information content (AvgIpc) is 3.06. The number of aromatic carboxylic acids is 1. The number of carboxylic acids is 1. The molecule has 21 heavy (non-hydrogen) atoms. The van der Waals surface area contributed by atoms with Crippen molar-refractivity contribution in [1.82, 2.24) is 10.6 Å². The van der Waals surface area contributed by atoms with E-state index in [1.807, 2.05) is 0 Å². The van der Waals surface area contributed by atoms with E-state index in [2.05, 4.69) is 10.6 Å². The predicted octanol–water partition coefficient (Wildman–Crippen LogP) is 2.67. The molecule has 0 unspecified atom stereocenters. The molecular formula is C15H22N2O4. The van der Waals surface area contributed by atoms with E-state index >= 15 is 0 Å². The van der Waals surface area contributed by atoms with Crippen LogP contribution in [0.3, 0.4) is 0 Å². The number of carboxylic acid groups (broad SMARTS) is 1.